The van der Waals surface area contributed by atoms with Crippen molar-refractivity contribution >= 4 is 19.0 Å². The van der Waals surface area contributed by atoms with Gasteiger partial charge < -0.3 is 19.8 Å². The van der Waals surface area contributed by atoms with Crippen LogP contribution in [0.3, 0.4) is 0 Å². The average molecular weight is 303 g/mol. The summed E-state index contributed by atoms with van der Waals surface area (Å²) in [6, 6.07) is 3.55. The minimum Gasteiger partial charge on any atom is -0.481 e. The minimum absolute atomic E-state index is 0.415. The Balaban J connectivity index is 2.12. The predicted molar refractivity (Wildman–Crippen MR) is 87.3 cm³/mol. The van der Waals surface area contributed by atoms with Gasteiger partial charge in [-0.25, -0.2) is 4.98 Å². The van der Waals surface area contributed by atoms with Crippen molar-refractivity contribution < 1.29 is 14.0 Å². The van der Waals surface area contributed by atoms with Gasteiger partial charge in [-0.1, -0.05) is 0 Å². The van der Waals surface area contributed by atoms with Crippen LogP contribution in [0.4, 0.5) is 5.69 Å². The topological polar surface area (TPSA) is 79.0 Å². The highest BCUT2D eigenvalue weighted by Crippen LogP contribution is 2.38. The summed E-state index contributed by atoms with van der Waals surface area (Å²) in [6.07, 6.45) is 4.70. The van der Waals surface area contributed by atoms with Gasteiger partial charge in [-0.15, -0.1) is 0 Å². The number of hydrogen-bond donors (Lipinski definition) is 1. The Morgan fingerprint density at radius 3 is 2.36 bits per heavy atom. The first-order valence-electron chi connectivity index (χ1n) is 7.10. The molecule has 0 saturated carbocycles. The maximum absolute atomic E-state index is 5.94. The van der Waals surface area contributed by atoms with Crippen molar-refractivity contribution in [2.45, 2.75) is 38.9 Å². The molecule has 0 atom stereocenters. The van der Waals surface area contributed by atoms with E-state index in [2.05, 4.69) is 9.98 Å². The lowest BCUT2D eigenvalue weighted by Crippen LogP contribution is -2.41. The van der Waals surface area contributed by atoms with Gasteiger partial charge in [0.2, 0.25) is 5.88 Å². The number of pyridine rings is 1. The predicted octanol–water partition coefficient (Wildman–Crippen LogP) is 2.27. The zero-order valence-corrected chi connectivity index (χ0v) is 13.7. The fraction of sp³-hybridized carbons (Fsp3) is 0.467. The second-order valence-electron chi connectivity index (χ2n) is 6.07. The van der Waals surface area contributed by atoms with E-state index in [1.807, 2.05) is 27.7 Å². The number of hydrogen-bond acceptors (Lipinski definition) is 6. The smallest absolute Gasteiger partial charge is 0.481 e. The van der Waals surface area contributed by atoms with E-state index < -0.39 is 18.3 Å². The first-order chi connectivity index (χ1) is 10.3. The molecule has 7 heteroatoms. The van der Waals surface area contributed by atoms with Crippen LogP contribution in [-0.2, 0) is 9.31 Å². The average Bonchev–Trinajstić information content (AvgIpc) is 2.68. The highest BCUT2D eigenvalue weighted by Gasteiger charge is 2.52. The quantitative estimate of drug-likeness (QED) is 0.682. The van der Waals surface area contributed by atoms with E-state index in [4.69, 9.17) is 19.8 Å². The molecule has 1 fully saturated rings. The first kappa shape index (κ1) is 16.5. The molecule has 0 radical (unpaired) electrons. The van der Waals surface area contributed by atoms with Crippen LogP contribution < -0.4 is 10.5 Å². The zero-order chi connectivity index (χ0) is 16.4. The van der Waals surface area contributed by atoms with E-state index in [0.29, 0.717) is 17.0 Å². The Labute approximate surface area is 131 Å². The van der Waals surface area contributed by atoms with Gasteiger partial charge in [0.25, 0.3) is 0 Å². The molecule has 1 aliphatic heterocycles. The molecule has 0 amide bonds. The monoisotopic (exact) mass is 303 g/mol. The van der Waals surface area contributed by atoms with Crippen molar-refractivity contribution in [2.24, 2.45) is 10.7 Å². The molecule has 1 saturated heterocycles. The van der Waals surface area contributed by atoms with Crippen LogP contribution in [0.2, 0.25) is 0 Å². The fourth-order valence-electron chi connectivity index (χ4n) is 1.88. The van der Waals surface area contributed by atoms with E-state index in [1.54, 1.807) is 31.7 Å². The maximum atomic E-state index is 5.94. The molecule has 2 heterocycles. The highest BCUT2D eigenvalue weighted by atomic mass is 16.7. The van der Waals surface area contributed by atoms with E-state index in [0.717, 1.165) is 0 Å². The molecule has 2 N–H and O–H groups in total. The third-order valence-corrected chi connectivity index (χ3v) is 4.01. The summed E-state index contributed by atoms with van der Waals surface area (Å²) in [5, 5.41) is 0. The lowest BCUT2D eigenvalue weighted by Gasteiger charge is -2.32. The van der Waals surface area contributed by atoms with Crippen LogP contribution in [0, 0.1) is 0 Å². The molecule has 0 unspecified atom stereocenters. The van der Waals surface area contributed by atoms with Gasteiger partial charge in [0.05, 0.1) is 30.2 Å². The van der Waals surface area contributed by atoms with Gasteiger partial charge >= 0.3 is 7.12 Å². The van der Waals surface area contributed by atoms with Crippen LogP contribution in [0.1, 0.15) is 27.7 Å². The van der Waals surface area contributed by atoms with Gasteiger partial charge in [-0.05, 0) is 40.0 Å². The third-order valence-electron chi connectivity index (χ3n) is 4.01. The number of ether oxygens (including phenoxy) is 1. The number of methoxy groups -OCH3 is 1. The molecule has 1 aromatic heterocycles. The zero-order valence-electron chi connectivity index (χ0n) is 13.7. The van der Waals surface area contributed by atoms with Gasteiger partial charge in [0.15, 0.2) is 0 Å². The number of aliphatic imine (C=N–C) groups is 1. The van der Waals surface area contributed by atoms with Gasteiger partial charge in [0, 0.05) is 17.8 Å². The van der Waals surface area contributed by atoms with E-state index in [1.165, 1.54) is 6.20 Å². The van der Waals surface area contributed by atoms with Crippen molar-refractivity contribution in [1.82, 2.24) is 4.98 Å². The van der Waals surface area contributed by atoms with Crippen LogP contribution in [0.5, 0.6) is 5.88 Å². The number of rotatable bonds is 4. The summed E-state index contributed by atoms with van der Waals surface area (Å²) >= 11 is 0. The summed E-state index contributed by atoms with van der Waals surface area (Å²) in [6.45, 7) is 7.97. The molecule has 118 valence electrons. The largest absolute Gasteiger partial charge is 0.497 e. The summed E-state index contributed by atoms with van der Waals surface area (Å²) in [7, 11) is 1.03. The molecular formula is C15H22BN3O3. The molecular weight excluding hydrogens is 281 g/mol. The number of aromatic nitrogens is 1. The molecule has 0 bridgehead atoms. The number of nitrogens with zero attached hydrogens (tertiary/aromatic N) is 2. The van der Waals surface area contributed by atoms with Crippen LogP contribution in [0.25, 0.3) is 0 Å². The van der Waals surface area contributed by atoms with Crippen molar-refractivity contribution in [3.05, 3.63) is 30.0 Å². The van der Waals surface area contributed by atoms with Gasteiger partial charge in [-0.2, -0.15) is 0 Å². The maximum Gasteiger partial charge on any atom is 0.497 e. The fourth-order valence-corrected chi connectivity index (χ4v) is 1.88. The first-order valence-corrected chi connectivity index (χ1v) is 7.10. The Hall–Kier alpha value is -1.86. The number of allylic oxidation sites excluding steroid dienone is 1. The van der Waals surface area contributed by atoms with Crippen molar-refractivity contribution in [1.29, 1.82) is 0 Å². The second-order valence-corrected chi connectivity index (χ2v) is 6.07. The lowest BCUT2D eigenvalue weighted by atomic mass is 9.79. The second kappa shape index (κ2) is 6.10. The normalized spacial score (nSPS) is 20.6. The lowest BCUT2D eigenvalue weighted by molar-refractivity contribution is 0.00578. The van der Waals surface area contributed by atoms with Crippen LogP contribution in [-0.4, -0.2) is 36.6 Å². The van der Waals surface area contributed by atoms with E-state index in [9.17, 15) is 0 Å². The van der Waals surface area contributed by atoms with Crippen LogP contribution >= 0.6 is 0 Å². The van der Waals surface area contributed by atoms with E-state index in [-0.39, 0.29) is 0 Å². The van der Waals surface area contributed by atoms with Gasteiger partial charge in [0.1, 0.15) is 0 Å². The van der Waals surface area contributed by atoms with Crippen molar-refractivity contribution in [2.75, 3.05) is 7.11 Å². The third kappa shape index (κ3) is 3.31. The molecule has 22 heavy (non-hydrogen) atoms. The highest BCUT2D eigenvalue weighted by molar-refractivity contribution is 6.60. The Morgan fingerprint density at radius 2 is 1.91 bits per heavy atom. The molecule has 6 nitrogen and oxygen atoms in total. The molecule has 0 aromatic carbocycles. The van der Waals surface area contributed by atoms with E-state index >= 15 is 0 Å². The minimum atomic E-state index is -0.537. The summed E-state index contributed by atoms with van der Waals surface area (Å²) in [4.78, 5) is 8.44. The molecule has 1 aromatic rings. The standard InChI is InChI=1S/C15H22BN3O3/c1-14(2)15(3,4)22-16(21-14)11(8-17)9-18-12-6-7-13(20-5)19-10-12/h6-10H,17H2,1-5H3/b11-8+,18-9?. The summed E-state index contributed by atoms with van der Waals surface area (Å²) in [5.41, 5.74) is 6.21. The Kier molecular flexibility index (Phi) is 4.58. The van der Waals surface area contributed by atoms with Crippen LogP contribution in [0.15, 0.2) is 35.0 Å². The Bertz CT molecular complexity index is 566. The molecule has 0 spiro atoms. The van der Waals surface area contributed by atoms with Crippen molar-refractivity contribution in [3.8, 4) is 5.88 Å². The summed E-state index contributed by atoms with van der Waals surface area (Å²) < 4.78 is 16.9. The molecule has 0 aliphatic carbocycles. The SMILES string of the molecule is COc1ccc(N=C/C(=C\N)B2OC(C)(C)C(C)(C)O2)cn1. The molecule has 1 aliphatic rings. The Morgan fingerprint density at radius 1 is 1.27 bits per heavy atom. The van der Waals surface area contributed by atoms with Crippen molar-refractivity contribution in [3.63, 3.8) is 0 Å². The number of nitrogens with two attached hydrogens (primary N) is 1. The summed E-state index contributed by atoms with van der Waals surface area (Å²) in [5.74, 6) is 0.541. The molecule has 2 rings (SSSR count). The van der Waals surface area contributed by atoms with Gasteiger partial charge in [-0.3, -0.25) is 4.99 Å².